The standard InChI is InChI=1S/C12H11FN4O2/c13-8-5-6(1-4-9(8)14)12-16-10(17-19-12)11(18)15-7-2-3-7/h1,4-5,7H,2-3,14H2,(H,15,18). The van der Waals surface area contributed by atoms with Crippen LogP contribution < -0.4 is 11.1 Å². The summed E-state index contributed by atoms with van der Waals surface area (Å²) in [5.41, 5.74) is 5.79. The van der Waals surface area contributed by atoms with Gasteiger partial charge in [0.05, 0.1) is 5.69 Å². The first-order valence-corrected chi connectivity index (χ1v) is 5.83. The highest BCUT2D eigenvalue weighted by molar-refractivity contribution is 5.91. The average Bonchev–Trinajstić information content (AvgIpc) is 3.06. The molecule has 7 heteroatoms. The topological polar surface area (TPSA) is 94.0 Å². The van der Waals surface area contributed by atoms with Gasteiger partial charge in [-0.2, -0.15) is 4.98 Å². The Balaban J connectivity index is 1.83. The molecule has 98 valence electrons. The van der Waals surface area contributed by atoms with E-state index in [4.69, 9.17) is 10.3 Å². The number of nitrogen functional groups attached to an aromatic ring is 1. The van der Waals surface area contributed by atoms with Crippen LogP contribution in [0.5, 0.6) is 0 Å². The van der Waals surface area contributed by atoms with Crippen molar-refractivity contribution in [1.82, 2.24) is 15.5 Å². The van der Waals surface area contributed by atoms with Crippen LogP contribution in [0.15, 0.2) is 22.7 Å². The van der Waals surface area contributed by atoms with E-state index in [1.165, 1.54) is 12.1 Å². The smallest absolute Gasteiger partial charge is 0.292 e. The molecule has 1 heterocycles. The van der Waals surface area contributed by atoms with Gasteiger partial charge in [-0.05, 0) is 31.0 Å². The van der Waals surface area contributed by atoms with Gasteiger partial charge in [-0.25, -0.2) is 4.39 Å². The highest BCUT2D eigenvalue weighted by Crippen LogP contribution is 2.22. The number of hydrogen-bond acceptors (Lipinski definition) is 5. The van der Waals surface area contributed by atoms with Crippen molar-refractivity contribution in [2.24, 2.45) is 0 Å². The molecule has 0 saturated heterocycles. The third-order valence-corrected chi connectivity index (χ3v) is 2.79. The van der Waals surface area contributed by atoms with E-state index in [1.807, 2.05) is 0 Å². The van der Waals surface area contributed by atoms with Crippen molar-refractivity contribution in [3.63, 3.8) is 0 Å². The lowest BCUT2D eigenvalue weighted by Crippen LogP contribution is -2.26. The summed E-state index contributed by atoms with van der Waals surface area (Å²) < 4.78 is 18.3. The summed E-state index contributed by atoms with van der Waals surface area (Å²) in [5.74, 6) is -0.924. The molecule has 1 amide bonds. The van der Waals surface area contributed by atoms with E-state index in [0.29, 0.717) is 5.56 Å². The van der Waals surface area contributed by atoms with Gasteiger partial charge in [-0.3, -0.25) is 4.79 Å². The predicted molar refractivity (Wildman–Crippen MR) is 64.6 cm³/mol. The predicted octanol–water partition coefficient (Wildman–Crippen LogP) is 1.35. The largest absolute Gasteiger partial charge is 0.396 e. The third kappa shape index (κ3) is 2.40. The minimum Gasteiger partial charge on any atom is -0.396 e. The van der Waals surface area contributed by atoms with Gasteiger partial charge in [0.25, 0.3) is 17.6 Å². The highest BCUT2D eigenvalue weighted by atomic mass is 19.1. The van der Waals surface area contributed by atoms with Crippen LogP contribution in [0.4, 0.5) is 10.1 Å². The van der Waals surface area contributed by atoms with Crippen LogP contribution in [0.3, 0.4) is 0 Å². The normalized spacial score (nSPS) is 14.4. The summed E-state index contributed by atoms with van der Waals surface area (Å²) in [5, 5.41) is 6.31. The number of anilines is 1. The number of benzene rings is 1. The first-order chi connectivity index (χ1) is 9.13. The van der Waals surface area contributed by atoms with E-state index in [1.54, 1.807) is 6.07 Å². The molecule has 1 saturated carbocycles. The summed E-state index contributed by atoms with van der Waals surface area (Å²) in [4.78, 5) is 15.6. The number of nitrogens with zero attached hydrogens (tertiary/aromatic N) is 2. The molecule has 19 heavy (non-hydrogen) atoms. The Morgan fingerprint density at radius 2 is 2.26 bits per heavy atom. The molecular formula is C12H11FN4O2. The third-order valence-electron chi connectivity index (χ3n) is 2.79. The summed E-state index contributed by atoms with van der Waals surface area (Å²) in [6.45, 7) is 0. The number of amides is 1. The molecule has 0 spiro atoms. The maximum Gasteiger partial charge on any atom is 0.292 e. The van der Waals surface area contributed by atoms with Crippen LogP contribution in [0.25, 0.3) is 11.5 Å². The molecule has 3 rings (SSSR count). The van der Waals surface area contributed by atoms with Crippen molar-refractivity contribution in [3.05, 3.63) is 29.8 Å². The van der Waals surface area contributed by atoms with Crippen molar-refractivity contribution < 1.29 is 13.7 Å². The average molecular weight is 262 g/mol. The Morgan fingerprint density at radius 1 is 1.47 bits per heavy atom. The summed E-state index contributed by atoms with van der Waals surface area (Å²) in [6.07, 6.45) is 1.94. The minimum absolute atomic E-state index is 0.0370. The van der Waals surface area contributed by atoms with E-state index in [0.717, 1.165) is 12.8 Å². The molecule has 2 aromatic rings. The lowest BCUT2D eigenvalue weighted by atomic mass is 10.2. The molecule has 3 N–H and O–H groups in total. The summed E-state index contributed by atoms with van der Waals surface area (Å²) in [6, 6.07) is 4.35. The summed E-state index contributed by atoms with van der Waals surface area (Å²) >= 11 is 0. The van der Waals surface area contributed by atoms with Gasteiger partial charge in [0.1, 0.15) is 5.82 Å². The molecular weight excluding hydrogens is 251 g/mol. The zero-order valence-corrected chi connectivity index (χ0v) is 9.89. The molecule has 1 aliphatic carbocycles. The summed E-state index contributed by atoms with van der Waals surface area (Å²) in [7, 11) is 0. The minimum atomic E-state index is -0.570. The molecule has 1 aromatic heterocycles. The van der Waals surface area contributed by atoms with Gasteiger partial charge in [-0.1, -0.05) is 5.16 Å². The van der Waals surface area contributed by atoms with Crippen LogP contribution in [-0.2, 0) is 0 Å². The second-order valence-corrected chi connectivity index (χ2v) is 4.41. The van der Waals surface area contributed by atoms with E-state index in [2.05, 4.69) is 15.5 Å². The Morgan fingerprint density at radius 3 is 2.95 bits per heavy atom. The zero-order chi connectivity index (χ0) is 13.4. The second-order valence-electron chi connectivity index (χ2n) is 4.41. The number of halogens is 1. The number of nitrogens with two attached hydrogens (primary N) is 1. The van der Waals surface area contributed by atoms with Gasteiger partial charge in [0, 0.05) is 11.6 Å². The molecule has 0 unspecified atom stereocenters. The lowest BCUT2D eigenvalue weighted by Gasteiger charge is -1.98. The van der Waals surface area contributed by atoms with E-state index < -0.39 is 5.82 Å². The Bertz CT molecular complexity index is 636. The SMILES string of the molecule is Nc1ccc(-c2nc(C(=O)NC3CC3)no2)cc1F. The van der Waals surface area contributed by atoms with Crippen LogP contribution in [-0.4, -0.2) is 22.1 Å². The fourth-order valence-electron chi connectivity index (χ4n) is 1.57. The van der Waals surface area contributed by atoms with Crippen molar-refractivity contribution in [2.45, 2.75) is 18.9 Å². The van der Waals surface area contributed by atoms with Crippen molar-refractivity contribution in [2.75, 3.05) is 5.73 Å². The van der Waals surface area contributed by atoms with E-state index in [9.17, 15) is 9.18 Å². The number of aromatic nitrogens is 2. The van der Waals surface area contributed by atoms with Crippen LogP contribution in [0, 0.1) is 5.82 Å². The van der Waals surface area contributed by atoms with Crippen molar-refractivity contribution in [1.29, 1.82) is 0 Å². The monoisotopic (exact) mass is 262 g/mol. The number of hydrogen-bond donors (Lipinski definition) is 2. The maximum atomic E-state index is 13.3. The van der Waals surface area contributed by atoms with Gasteiger partial charge < -0.3 is 15.6 Å². The maximum absolute atomic E-state index is 13.3. The molecule has 0 bridgehead atoms. The zero-order valence-electron chi connectivity index (χ0n) is 9.89. The molecule has 1 aliphatic rings. The molecule has 6 nitrogen and oxygen atoms in total. The van der Waals surface area contributed by atoms with Gasteiger partial charge >= 0.3 is 0 Å². The number of carbonyl (C=O) groups is 1. The second kappa shape index (κ2) is 4.34. The molecule has 0 atom stereocenters. The Kier molecular flexibility index (Phi) is 2.66. The number of rotatable bonds is 3. The first kappa shape index (κ1) is 11.6. The molecule has 0 aliphatic heterocycles. The van der Waals surface area contributed by atoms with Gasteiger partial charge in [0.15, 0.2) is 0 Å². The quantitative estimate of drug-likeness (QED) is 0.814. The number of carbonyl (C=O) groups excluding carboxylic acids is 1. The Labute approximate surface area is 107 Å². The fraction of sp³-hybridized carbons (Fsp3) is 0.250. The van der Waals surface area contributed by atoms with Gasteiger partial charge in [0.2, 0.25) is 0 Å². The van der Waals surface area contributed by atoms with Crippen LogP contribution >= 0.6 is 0 Å². The highest BCUT2D eigenvalue weighted by Gasteiger charge is 2.26. The van der Waals surface area contributed by atoms with Crippen LogP contribution in [0.1, 0.15) is 23.5 Å². The fourth-order valence-corrected chi connectivity index (χ4v) is 1.57. The number of nitrogens with one attached hydrogen (secondary N) is 1. The molecule has 1 fully saturated rings. The van der Waals surface area contributed by atoms with E-state index >= 15 is 0 Å². The molecule has 0 radical (unpaired) electrons. The van der Waals surface area contributed by atoms with E-state index in [-0.39, 0.29) is 29.4 Å². The van der Waals surface area contributed by atoms with Crippen molar-refractivity contribution >= 4 is 11.6 Å². The van der Waals surface area contributed by atoms with Crippen LogP contribution in [0.2, 0.25) is 0 Å². The Hall–Kier alpha value is -2.44. The first-order valence-electron chi connectivity index (χ1n) is 5.83. The lowest BCUT2D eigenvalue weighted by molar-refractivity contribution is 0.0937. The van der Waals surface area contributed by atoms with Crippen molar-refractivity contribution in [3.8, 4) is 11.5 Å². The van der Waals surface area contributed by atoms with Gasteiger partial charge in [-0.15, -0.1) is 0 Å². The molecule has 1 aromatic carbocycles.